The lowest BCUT2D eigenvalue weighted by atomic mass is 10.2. The Balaban J connectivity index is 2.30. The van der Waals surface area contributed by atoms with E-state index in [4.69, 9.17) is 38.4 Å². The second kappa shape index (κ2) is 5.24. The Morgan fingerprint density at radius 2 is 1.82 bits per heavy atom. The van der Waals surface area contributed by atoms with Gasteiger partial charge in [-0.3, -0.25) is 0 Å². The van der Waals surface area contributed by atoms with Gasteiger partial charge < -0.3 is 19.8 Å². The second-order valence-corrected chi connectivity index (χ2v) is 5.43. The van der Waals surface area contributed by atoms with E-state index in [1.807, 2.05) is 0 Å². The molecule has 1 aliphatic heterocycles. The third-order valence-electron chi connectivity index (χ3n) is 3.33. The van der Waals surface area contributed by atoms with Crippen molar-refractivity contribution in [3.63, 3.8) is 0 Å². The van der Waals surface area contributed by atoms with E-state index in [2.05, 4.69) is 4.98 Å². The molecule has 0 radical (unpaired) electrons. The Morgan fingerprint density at radius 3 is 2.36 bits per heavy atom. The second-order valence-electron chi connectivity index (χ2n) is 4.61. The number of nitrogens with two attached hydrogens (primary N) is 1. The number of hydrogen-bond acceptors (Lipinski definition) is 4. The van der Waals surface area contributed by atoms with Crippen molar-refractivity contribution in [2.45, 2.75) is 18.6 Å². The maximum Gasteiger partial charge on any atom is 0.451 e. The number of alkyl halides is 3. The number of aromatic nitrogens is 2. The van der Waals surface area contributed by atoms with Gasteiger partial charge in [-0.1, -0.05) is 23.2 Å². The highest BCUT2D eigenvalue weighted by Crippen LogP contribution is 2.46. The van der Waals surface area contributed by atoms with Crippen molar-refractivity contribution in [2.24, 2.45) is 5.73 Å². The van der Waals surface area contributed by atoms with Gasteiger partial charge in [-0.15, -0.1) is 0 Å². The third kappa shape index (κ3) is 2.17. The van der Waals surface area contributed by atoms with Gasteiger partial charge in [0.05, 0.1) is 41.0 Å². The lowest BCUT2D eigenvalue weighted by molar-refractivity contribution is -0.356. The van der Waals surface area contributed by atoms with E-state index >= 15 is 0 Å². The minimum Gasteiger partial charge on any atom is -0.334 e. The van der Waals surface area contributed by atoms with E-state index in [1.54, 1.807) is 0 Å². The van der Waals surface area contributed by atoms with Crippen LogP contribution in [0.3, 0.4) is 0 Å². The maximum atomic E-state index is 13.5. The van der Waals surface area contributed by atoms with Crippen LogP contribution in [-0.2, 0) is 21.9 Å². The van der Waals surface area contributed by atoms with Crippen molar-refractivity contribution in [3.05, 3.63) is 28.0 Å². The molecule has 0 spiro atoms. The molecule has 0 unspecified atom stereocenters. The van der Waals surface area contributed by atoms with Gasteiger partial charge >= 0.3 is 12.0 Å². The van der Waals surface area contributed by atoms with Crippen LogP contribution in [0.1, 0.15) is 5.82 Å². The van der Waals surface area contributed by atoms with Gasteiger partial charge in [-0.25, -0.2) is 4.98 Å². The van der Waals surface area contributed by atoms with Crippen molar-refractivity contribution in [2.75, 3.05) is 13.2 Å². The molecule has 120 valence electrons. The van der Waals surface area contributed by atoms with Gasteiger partial charge in [0.15, 0.2) is 5.82 Å². The number of fused-ring (bicyclic) bond motifs is 1. The Kier molecular flexibility index (Phi) is 3.77. The zero-order valence-corrected chi connectivity index (χ0v) is 12.5. The van der Waals surface area contributed by atoms with Crippen LogP contribution in [-0.4, -0.2) is 28.9 Å². The molecule has 1 aromatic carbocycles. The molecule has 10 heteroatoms. The Bertz CT molecular complexity index is 726. The van der Waals surface area contributed by atoms with Gasteiger partial charge in [0.2, 0.25) is 0 Å². The zero-order valence-electron chi connectivity index (χ0n) is 11.0. The minimum atomic E-state index is -4.81. The first kappa shape index (κ1) is 15.8. The summed E-state index contributed by atoms with van der Waals surface area (Å²) >= 11 is 11.8. The van der Waals surface area contributed by atoms with E-state index in [0.29, 0.717) is 5.52 Å². The first-order chi connectivity index (χ1) is 10.3. The van der Waals surface area contributed by atoms with E-state index in [1.165, 1.54) is 12.1 Å². The molecule has 2 N–H and O–H groups in total. The fourth-order valence-electron chi connectivity index (χ4n) is 2.39. The standard InChI is InChI=1S/C12H10Cl2F3N3O2/c13-6-3-8-9(4-7(6)14)20(5-18)10(19-8)11(12(15,16)17)21-1-2-22-11/h3-4H,1-2,5,18H2. The van der Waals surface area contributed by atoms with Crippen LogP contribution < -0.4 is 5.73 Å². The predicted octanol–water partition coefficient (Wildman–Crippen LogP) is 3.02. The highest BCUT2D eigenvalue weighted by Gasteiger charge is 2.64. The number of halogens is 5. The molecule has 1 aliphatic rings. The lowest BCUT2D eigenvalue weighted by Gasteiger charge is -2.29. The molecule has 0 saturated carbocycles. The van der Waals surface area contributed by atoms with Crippen molar-refractivity contribution >= 4 is 34.2 Å². The molecule has 2 heterocycles. The molecule has 2 aromatic rings. The van der Waals surface area contributed by atoms with Crippen LogP contribution in [0.4, 0.5) is 13.2 Å². The topological polar surface area (TPSA) is 62.3 Å². The van der Waals surface area contributed by atoms with Crippen molar-refractivity contribution in [1.29, 1.82) is 0 Å². The van der Waals surface area contributed by atoms with E-state index < -0.39 is 17.8 Å². The summed E-state index contributed by atoms with van der Waals surface area (Å²) in [6, 6.07) is 2.77. The quantitative estimate of drug-likeness (QED) is 0.899. The summed E-state index contributed by atoms with van der Waals surface area (Å²) in [6.07, 6.45) is -4.81. The number of nitrogens with zero attached hydrogens (tertiary/aromatic N) is 2. The Morgan fingerprint density at radius 1 is 1.23 bits per heavy atom. The predicted molar refractivity (Wildman–Crippen MR) is 73.6 cm³/mol. The number of imidazole rings is 1. The number of ether oxygens (including phenoxy) is 2. The average Bonchev–Trinajstić information content (AvgIpc) is 3.03. The van der Waals surface area contributed by atoms with E-state index in [-0.39, 0.29) is 35.4 Å². The van der Waals surface area contributed by atoms with Crippen molar-refractivity contribution < 1.29 is 22.6 Å². The van der Waals surface area contributed by atoms with Gasteiger partial charge in [-0.05, 0) is 12.1 Å². The van der Waals surface area contributed by atoms with Crippen LogP contribution in [0.2, 0.25) is 10.0 Å². The van der Waals surface area contributed by atoms with Crippen molar-refractivity contribution in [1.82, 2.24) is 9.55 Å². The molecule has 1 aromatic heterocycles. The summed E-state index contributed by atoms with van der Waals surface area (Å²) in [7, 11) is 0. The molecule has 5 nitrogen and oxygen atoms in total. The average molecular weight is 356 g/mol. The Hall–Kier alpha value is -1.06. The summed E-state index contributed by atoms with van der Waals surface area (Å²) in [6.45, 7) is -0.655. The normalized spacial score (nSPS) is 18.3. The highest BCUT2D eigenvalue weighted by atomic mass is 35.5. The van der Waals surface area contributed by atoms with Gasteiger partial charge in [0.1, 0.15) is 0 Å². The minimum absolute atomic E-state index is 0.178. The molecule has 0 bridgehead atoms. The summed E-state index contributed by atoms with van der Waals surface area (Å²) in [5.74, 6) is -3.42. The van der Waals surface area contributed by atoms with E-state index in [9.17, 15) is 13.2 Å². The SMILES string of the molecule is NCn1c(C2(C(F)(F)F)OCCO2)nc2cc(Cl)c(Cl)cc21. The molecule has 0 atom stereocenters. The fourth-order valence-corrected chi connectivity index (χ4v) is 2.70. The largest absolute Gasteiger partial charge is 0.451 e. The molecule has 0 aliphatic carbocycles. The van der Waals surface area contributed by atoms with Crippen LogP contribution in [0.25, 0.3) is 11.0 Å². The number of hydrogen-bond donors (Lipinski definition) is 1. The van der Waals surface area contributed by atoms with Gasteiger partial charge in [0.25, 0.3) is 0 Å². The van der Waals surface area contributed by atoms with Crippen LogP contribution in [0, 0.1) is 0 Å². The lowest BCUT2D eigenvalue weighted by Crippen LogP contribution is -2.46. The first-order valence-corrected chi connectivity index (χ1v) is 6.96. The fraction of sp³-hybridized carbons (Fsp3) is 0.417. The first-order valence-electron chi connectivity index (χ1n) is 6.20. The molecular weight excluding hydrogens is 346 g/mol. The number of benzene rings is 1. The summed E-state index contributed by atoms with van der Waals surface area (Å²) in [5.41, 5.74) is 6.12. The summed E-state index contributed by atoms with van der Waals surface area (Å²) < 4.78 is 51.4. The highest BCUT2D eigenvalue weighted by molar-refractivity contribution is 6.42. The molecule has 3 rings (SSSR count). The van der Waals surface area contributed by atoms with Crippen molar-refractivity contribution in [3.8, 4) is 0 Å². The van der Waals surface area contributed by atoms with Crippen LogP contribution >= 0.6 is 23.2 Å². The maximum absolute atomic E-state index is 13.5. The van der Waals surface area contributed by atoms with Gasteiger partial charge in [-0.2, -0.15) is 13.2 Å². The summed E-state index contributed by atoms with van der Waals surface area (Å²) in [5, 5.41) is 0.362. The smallest absolute Gasteiger partial charge is 0.334 e. The molecule has 22 heavy (non-hydrogen) atoms. The molecule has 1 fully saturated rings. The van der Waals surface area contributed by atoms with Gasteiger partial charge in [0, 0.05) is 0 Å². The zero-order chi connectivity index (χ0) is 16.1. The van der Waals surface area contributed by atoms with Crippen LogP contribution in [0.15, 0.2) is 12.1 Å². The molecular formula is C12H10Cl2F3N3O2. The number of rotatable bonds is 2. The van der Waals surface area contributed by atoms with Crippen LogP contribution in [0.5, 0.6) is 0 Å². The monoisotopic (exact) mass is 355 g/mol. The van der Waals surface area contributed by atoms with E-state index in [0.717, 1.165) is 4.57 Å². The third-order valence-corrected chi connectivity index (χ3v) is 4.06. The Labute approximate surface area is 132 Å². The summed E-state index contributed by atoms with van der Waals surface area (Å²) in [4.78, 5) is 3.98. The molecule has 1 saturated heterocycles. The molecule has 0 amide bonds.